The van der Waals surface area contributed by atoms with Gasteiger partial charge in [-0.2, -0.15) is 0 Å². The molecular formula is C8H14N2O. The lowest BCUT2D eigenvalue weighted by atomic mass is 10.1. The van der Waals surface area contributed by atoms with Crippen LogP contribution in [0.4, 0.5) is 0 Å². The number of hydrogen-bond donors (Lipinski definition) is 0. The molecule has 1 aliphatic carbocycles. The van der Waals surface area contributed by atoms with Crippen LogP contribution in [0.5, 0.6) is 0 Å². The minimum absolute atomic E-state index is 0.388. The van der Waals surface area contributed by atoms with E-state index in [9.17, 15) is 4.79 Å². The maximum absolute atomic E-state index is 10.5. The molecule has 62 valence electrons. The molecule has 0 radical (unpaired) electrons. The molecule has 1 spiro atoms. The van der Waals surface area contributed by atoms with Crippen LogP contribution in [0, 0.1) is 0 Å². The van der Waals surface area contributed by atoms with Crippen molar-refractivity contribution in [2.45, 2.75) is 18.4 Å². The van der Waals surface area contributed by atoms with Gasteiger partial charge in [0.15, 0.2) is 0 Å². The SMILES string of the molecule is CN1CCN(C=O)CC12CC2. The third-order valence-electron chi connectivity index (χ3n) is 3.01. The first-order valence-corrected chi connectivity index (χ1v) is 4.17. The van der Waals surface area contributed by atoms with Crippen LogP contribution in [-0.4, -0.2) is 48.4 Å². The second-order valence-electron chi connectivity index (χ2n) is 3.72. The largest absolute Gasteiger partial charge is 0.342 e. The first-order valence-electron chi connectivity index (χ1n) is 4.17. The van der Waals surface area contributed by atoms with E-state index in [1.807, 2.05) is 4.90 Å². The summed E-state index contributed by atoms with van der Waals surface area (Å²) in [5.74, 6) is 0. The molecule has 3 heteroatoms. The third kappa shape index (κ3) is 1.03. The lowest BCUT2D eigenvalue weighted by Gasteiger charge is -2.38. The van der Waals surface area contributed by atoms with E-state index in [4.69, 9.17) is 0 Å². The molecule has 0 aromatic heterocycles. The Balaban J connectivity index is 2.03. The maximum atomic E-state index is 10.5. The highest BCUT2D eigenvalue weighted by Crippen LogP contribution is 2.42. The van der Waals surface area contributed by atoms with Crippen molar-refractivity contribution in [2.75, 3.05) is 26.7 Å². The Bertz CT molecular complexity index is 177. The van der Waals surface area contributed by atoms with Crippen LogP contribution < -0.4 is 0 Å². The zero-order chi connectivity index (χ0) is 7.90. The van der Waals surface area contributed by atoms with Crippen LogP contribution in [0.1, 0.15) is 12.8 Å². The molecule has 1 amide bonds. The van der Waals surface area contributed by atoms with Gasteiger partial charge in [0.1, 0.15) is 0 Å². The van der Waals surface area contributed by atoms with Crippen LogP contribution in [0.15, 0.2) is 0 Å². The van der Waals surface area contributed by atoms with E-state index in [0.717, 1.165) is 26.0 Å². The van der Waals surface area contributed by atoms with Gasteiger partial charge in [-0.3, -0.25) is 9.69 Å². The van der Waals surface area contributed by atoms with Crippen molar-refractivity contribution in [3.63, 3.8) is 0 Å². The molecule has 0 atom stereocenters. The highest BCUT2D eigenvalue weighted by atomic mass is 16.1. The third-order valence-corrected chi connectivity index (χ3v) is 3.01. The van der Waals surface area contributed by atoms with Gasteiger partial charge in [-0.15, -0.1) is 0 Å². The number of hydrogen-bond acceptors (Lipinski definition) is 2. The van der Waals surface area contributed by atoms with Gasteiger partial charge in [0.05, 0.1) is 0 Å². The average Bonchev–Trinajstić information content (AvgIpc) is 2.77. The summed E-state index contributed by atoms with van der Waals surface area (Å²) in [5, 5.41) is 0. The van der Waals surface area contributed by atoms with Crippen molar-refractivity contribution in [1.82, 2.24) is 9.80 Å². The minimum atomic E-state index is 0.388. The summed E-state index contributed by atoms with van der Waals surface area (Å²) >= 11 is 0. The van der Waals surface area contributed by atoms with Crippen molar-refractivity contribution in [3.05, 3.63) is 0 Å². The molecule has 1 saturated heterocycles. The van der Waals surface area contributed by atoms with Gasteiger partial charge >= 0.3 is 0 Å². The summed E-state index contributed by atoms with van der Waals surface area (Å²) in [4.78, 5) is 14.8. The summed E-state index contributed by atoms with van der Waals surface area (Å²) in [5.41, 5.74) is 0.388. The van der Waals surface area contributed by atoms with Crippen LogP contribution in [-0.2, 0) is 4.79 Å². The molecule has 2 rings (SSSR count). The van der Waals surface area contributed by atoms with E-state index in [1.165, 1.54) is 12.8 Å². The standard InChI is InChI=1S/C8H14N2O/c1-9-4-5-10(7-11)6-8(9)2-3-8/h7H,2-6H2,1H3. The van der Waals surface area contributed by atoms with Crippen LogP contribution >= 0.6 is 0 Å². The Morgan fingerprint density at radius 1 is 1.36 bits per heavy atom. The van der Waals surface area contributed by atoms with Crippen LogP contribution in [0.25, 0.3) is 0 Å². The molecule has 1 aliphatic heterocycles. The Hall–Kier alpha value is -0.570. The second-order valence-corrected chi connectivity index (χ2v) is 3.72. The number of nitrogens with zero attached hydrogens (tertiary/aromatic N) is 2. The highest BCUT2D eigenvalue weighted by molar-refractivity contribution is 5.48. The van der Waals surface area contributed by atoms with Crippen molar-refractivity contribution >= 4 is 6.41 Å². The molecule has 11 heavy (non-hydrogen) atoms. The second kappa shape index (κ2) is 2.21. The van der Waals surface area contributed by atoms with E-state index < -0.39 is 0 Å². The van der Waals surface area contributed by atoms with E-state index in [0.29, 0.717) is 5.54 Å². The summed E-state index contributed by atoms with van der Waals surface area (Å²) in [6.45, 7) is 2.90. The van der Waals surface area contributed by atoms with Crippen molar-refractivity contribution in [1.29, 1.82) is 0 Å². The predicted octanol–water partition coefficient (Wildman–Crippen LogP) is -0.0772. The fourth-order valence-electron chi connectivity index (χ4n) is 1.87. The maximum Gasteiger partial charge on any atom is 0.209 e. The Kier molecular flexibility index (Phi) is 1.42. The van der Waals surface area contributed by atoms with E-state index in [1.54, 1.807) is 0 Å². The number of likely N-dealkylation sites (N-methyl/N-ethyl adjacent to an activating group) is 1. The first kappa shape index (κ1) is 7.10. The van der Waals surface area contributed by atoms with E-state index in [-0.39, 0.29) is 0 Å². The normalized spacial score (nSPS) is 29.0. The van der Waals surface area contributed by atoms with Crippen LogP contribution in [0.3, 0.4) is 0 Å². The zero-order valence-corrected chi connectivity index (χ0v) is 6.92. The van der Waals surface area contributed by atoms with Gasteiger partial charge in [0.2, 0.25) is 6.41 Å². The van der Waals surface area contributed by atoms with E-state index >= 15 is 0 Å². The molecular weight excluding hydrogens is 140 g/mol. The monoisotopic (exact) mass is 154 g/mol. The first-order chi connectivity index (χ1) is 5.27. The summed E-state index contributed by atoms with van der Waals surface area (Å²) in [7, 11) is 2.16. The van der Waals surface area contributed by atoms with Gasteiger partial charge in [0, 0.05) is 25.2 Å². The molecule has 1 heterocycles. The molecule has 0 unspecified atom stereocenters. The fourth-order valence-corrected chi connectivity index (χ4v) is 1.87. The molecule has 0 aromatic carbocycles. The number of carbonyl (C=O) groups excluding carboxylic acids is 1. The van der Waals surface area contributed by atoms with Crippen molar-refractivity contribution in [3.8, 4) is 0 Å². The van der Waals surface area contributed by atoms with Crippen molar-refractivity contribution < 1.29 is 4.79 Å². The smallest absolute Gasteiger partial charge is 0.209 e. The highest BCUT2D eigenvalue weighted by Gasteiger charge is 2.49. The summed E-state index contributed by atoms with van der Waals surface area (Å²) < 4.78 is 0. The quantitative estimate of drug-likeness (QED) is 0.493. The summed E-state index contributed by atoms with van der Waals surface area (Å²) in [6.07, 6.45) is 3.52. The van der Waals surface area contributed by atoms with Gasteiger partial charge in [-0.25, -0.2) is 0 Å². The Labute approximate surface area is 67.0 Å². The lowest BCUT2D eigenvalue weighted by molar-refractivity contribution is -0.121. The van der Waals surface area contributed by atoms with E-state index in [2.05, 4.69) is 11.9 Å². The van der Waals surface area contributed by atoms with Gasteiger partial charge in [0.25, 0.3) is 0 Å². The molecule has 3 nitrogen and oxygen atoms in total. The molecule has 0 bridgehead atoms. The predicted molar refractivity (Wildman–Crippen MR) is 42.2 cm³/mol. The van der Waals surface area contributed by atoms with Gasteiger partial charge < -0.3 is 4.90 Å². The van der Waals surface area contributed by atoms with Gasteiger partial charge in [-0.05, 0) is 19.9 Å². The minimum Gasteiger partial charge on any atom is -0.342 e. The molecule has 2 fully saturated rings. The lowest BCUT2D eigenvalue weighted by Crippen LogP contribution is -2.52. The zero-order valence-electron chi connectivity index (χ0n) is 6.92. The number of carbonyl (C=O) groups is 1. The Morgan fingerprint density at radius 2 is 2.09 bits per heavy atom. The van der Waals surface area contributed by atoms with Crippen molar-refractivity contribution in [2.24, 2.45) is 0 Å². The number of piperazine rings is 1. The number of amides is 1. The molecule has 0 N–H and O–H groups in total. The molecule has 1 saturated carbocycles. The topological polar surface area (TPSA) is 23.6 Å². The summed E-state index contributed by atoms with van der Waals surface area (Å²) in [6, 6.07) is 0. The average molecular weight is 154 g/mol. The molecule has 2 aliphatic rings. The Morgan fingerprint density at radius 3 is 2.64 bits per heavy atom. The van der Waals surface area contributed by atoms with Crippen LogP contribution in [0.2, 0.25) is 0 Å². The van der Waals surface area contributed by atoms with Gasteiger partial charge in [-0.1, -0.05) is 0 Å². The molecule has 0 aromatic rings. The fraction of sp³-hybridized carbons (Fsp3) is 0.875. The number of rotatable bonds is 1.